The van der Waals surface area contributed by atoms with E-state index >= 15 is 0 Å². The topological polar surface area (TPSA) is 56.3 Å². The molecule has 0 bridgehead atoms. The molecule has 0 saturated heterocycles. The maximum absolute atomic E-state index is 8.81. The van der Waals surface area contributed by atoms with Crippen molar-refractivity contribution in [3.8, 4) is 0 Å². The van der Waals surface area contributed by atoms with E-state index in [0.717, 1.165) is 0 Å². The lowest BCUT2D eigenvalue weighted by Crippen LogP contribution is -2.35. The summed E-state index contributed by atoms with van der Waals surface area (Å²) in [6, 6.07) is 0. The highest BCUT2D eigenvalue weighted by atomic mass is 35.5. The summed E-state index contributed by atoms with van der Waals surface area (Å²) >= 11 is 5.61. The number of rotatable bonds is 5. The molecule has 0 aromatic rings. The third kappa shape index (κ3) is 7.45. The minimum Gasteiger partial charge on any atom is -0.392 e. The summed E-state index contributed by atoms with van der Waals surface area (Å²) in [5.74, 6) is 0. The van der Waals surface area contributed by atoms with Crippen LogP contribution in [-0.2, 0) is 0 Å². The van der Waals surface area contributed by atoms with Gasteiger partial charge < -0.3 is 15.8 Å². The quantitative estimate of drug-likeness (QED) is 0.347. The first-order valence-electron chi connectivity index (χ1n) is 3.36. The molecule has 0 aliphatic heterocycles. The minimum absolute atomic E-state index is 0.387. The van der Waals surface area contributed by atoms with Crippen molar-refractivity contribution in [1.82, 2.24) is 16.2 Å². The largest absolute Gasteiger partial charge is 0.392 e. The molecular weight excluding hydrogens is 166 g/mol. The second-order valence-corrected chi connectivity index (χ2v) is 2.54. The molecule has 0 fully saturated rings. The Labute approximate surface area is 71.6 Å². The molecule has 4 N–H and O–H groups in total. The van der Waals surface area contributed by atoms with Crippen LogP contribution >= 0.6 is 11.6 Å². The van der Waals surface area contributed by atoms with Crippen LogP contribution in [0.5, 0.6) is 0 Å². The van der Waals surface area contributed by atoms with E-state index in [1.54, 1.807) is 20.2 Å². The van der Waals surface area contributed by atoms with E-state index in [9.17, 15) is 0 Å². The van der Waals surface area contributed by atoms with Gasteiger partial charge in [-0.1, -0.05) is 11.6 Å². The van der Waals surface area contributed by atoms with E-state index in [2.05, 4.69) is 16.2 Å². The summed E-state index contributed by atoms with van der Waals surface area (Å²) in [5, 5.41) is 12.0. The predicted molar refractivity (Wildman–Crippen MR) is 45.8 cm³/mol. The molecule has 0 aromatic carbocycles. The average Bonchev–Trinajstić information content (AvgIpc) is 1.87. The fourth-order valence-corrected chi connectivity index (χ4v) is 0.622. The van der Waals surface area contributed by atoms with Gasteiger partial charge in [-0.3, -0.25) is 0 Å². The van der Waals surface area contributed by atoms with Crippen molar-refractivity contribution < 1.29 is 5.11 Å². The van der Waals surface area contributed by atoms with E-state index < -0.39 is 0 Å². The second-order valence-electron chi connectivity index (χ2n) is 2.14. The molecule has 4 nitrogen and oxygen atoms in total. The van der Waals surface area contributed by atoms with Crippen molar-refractivity contribution in [3.63, 3.8) is 0 Å². The summed E-state index contributed by atoms with van der Waals surface area (Å²) in [5.41, 5.74) is 5.40. The molecule has 0 aliphatic carbocycles. The predicted octanol–water partition coefficient (Wildman–Crippen LogP) is -0.282. The second kappa shape index (κ2) is 6.27. The third-order valence-electron chi connectivity index (χ3n) is 0.876. The fraction of sp³-hybridized carbons (Fsp3) is 0.667. The van der Waals surface area contributed by atoms with E-state index in [-0.39, 0.29) is 6.10 Å². The van der Waals surface area contributed by atoms with Crippen LogP contribution in [0.3, 0.4) is 0 Å². The maximum atomic E-state index is 8.81. The van der Waals surface area contributed by atoms with Crippen molar-refractivity contribution in [2.75, 3.05) is 13.6 Å². The Morgan fingerprint density at radius 2 is 2.36 bits per heavy atom. The minimum atomic E-state index is -0.387. The monoisotopic (exact) mass is 179 g/mol. The zero-order chi connectivity index (χ0) is 8.69. The lowest BCUT2D eigenvalue weighted by molar-refractivity contribution is 0.187. The average molecular weight is 180 g/mol. The highest BCUT2D eigenvalue weighted by molar-refractivity contribution is 6.29. The van der Waals surface area contributed by atoms with Gasteiger partial charge in [0.2, 0.25) is 0 Å². The Bertz CT molecular complexity index is 127. The van der Waals surface area contributed by atoms with Gasteiger partial charge in [0.15, 0.2) is 0 Å². The molecule has 11 heavy (non-hydrogen) atoms. The summed E-state index contributed by atoms with van der Waals surface area (Å²) in [7, 11) is 1.75. The van der Waals surface area contributed by atoms with Gasteiger partial charge in [0.05, 0.1) is 6.10 Å². The van der Waals surface area contributed by atoms with Gasteiger partial charge in [-0.2, -0.15) is 0 Å². The number of hydrogen-bond donors (Lipinski definition) is 4. The lowest BCUT2D eigenvalue weighted by Gasteiger charge is -2.08. The Balaban J connectivity index is 3.31. The number of hydrazine groups is 1. The zero-order valence-electron chi connectivity index (χ0n) is 6.69. The molecule has 0 aromatic heterocycles. The molecule has 0 spiro atoms. The van der Waals surface area contributed by atoms with Crippen LogP contribution in [0.2, 0.25) is 0 Å². The summed E-state index contributed by atoms with van der Waals surface area (Å²) < 4.78 is 0. The van der Waals surface area contributed by atoms with Crippen LogP contribution in [0, 0.1) is 0 Å². The molecule has 0 heterocycles. The van der Waals surface area contributed by atoms with E-state index in [0.29, 0.717) is 11.7 Å². The third-order valence-corrected chi connectivity index (χ3v) is 1.08. The number of aliphatic hydroxyl groups is 1. The number of hydrogen-bond acceptors (Lipinski definition) is 4. The summed E-state index contributed by atoms with van der Waals surface area (Å²) in [6.45, 7) is 2.14. The highest BCUT2D eigenvalue weighted by Gasteiger charge is 1.93. The highest BCUT2D eigenvalue weighted by Crippen LogP contribution is 1.89. The van der Waals surface area contributed by atoms with Gasteiger partial charge in [-0.05, 0) is 6.92 Å². The summed E-state index contributed by atoms with van der Waals surface area (Å²) in [4.78, 5) is 0. The molecule has 0 aliphatic rings. The molecule has 1 unspecified atom stereocenters. The van der Waals surface area contributed by atoms with Gasteiger partial charge in [0.25, 0.3) is 0 Å². The van der Waals surface area contributed by atoms with Gasteiger partial charge in [0, 0.05) is 19.8 Å². The Hall–Kier alpha value is -0.450. The molecule has 0 amide bonds. The van der Waals surface area contributed by atoms with Crippen LogP contribution in [0.4, 0.5) is 0 Å². The number of nitrogens with one attached hydrogen (secondary N) is 3. The maximum Gasteiger partial charge on any atom is 0.132 e. The van der Waals surface area contributed by atoms with E-state index in [1.165, 1.54) is 0 Å². The molecule has 66 valence electrons. The van der Waals surface area contributed by atoms with E-state index in [4.69, 9.17) is 16.7 Å². The smallest absolute Gasteiger partial charge is 0.132 e. The van der Waals surface area contributed by atoms with E-state index in [1.807, 2.05) is 0 Å². The SMILES string of the molecule is CN/C=C(/Cl)NNCC(C)O. The van der Waals surface area contributed by atoms with Gasteiger partial charge >= 0.3 is 0 Å². The van der Waals surface area contributed by atoms with Crippen molar-refractivity contribution >= 4 is 11.6 Å². The number of halogens is 1. The molecule has 0 radical (unpaired) electrons. The normalized spacial score (nSPS) is 14.4. The van der Waals surface area contributed by atoms with Gasteiger partial charge in [-0.15, -0.1) is 0 Å². The van der Waals surface area contributed by atoms with Crippen molar-refractivity contribution in [2.24, 2.45) is 0 Å². The molecule has 5 heteroatoms. The Kier molecular flexibility index (Phi) is 6.02. The van der Waals surface area contributed by atoms with Gasteiger partial charge in [-0.25, -0.2) is 5.43 Å². The van der Waals surface area contributed by atoms with Crippen LogP contribution in [0.25, 0.3) is 0 Å². The molecule has 1 atom stereocenters. The summed E-state index contributed by atoms with van der Waals surface area (Å²) in [6.07, 6.45) is 1.21. The van der Waals surface area contributed by atoms with Crippen LogP contribution in [-0.4, -0.2) is 24.8 Å². The van der Waals surface area contributed by atoms with Gasteiger partial charge in [0.1, 0.15) is 5.16 Å². The first-order valence-corrected chi connectivity index (χ1v) is 3.74. The van der Waals surface area contributed by atoms with Crippen LogP contribution in [0.15, 0.2) is 11.4 Å². The Morgan fingerprint density at radius 3 is 2.82 bits per heavy atom. The first kappa shape index (κ1) is 10.6. The standard InChI is InChI=1S/C6H14ClN3O/c1-5(11)3-9-10-6(7)4-8-2/h4-5,8-11H,3H2,1-2H3/b6-4-. The molecular formula is C6H14ClN3O. The molecule has 0 rings (SSSR count). The van der Waals surface area contributed by atoms with Crippen LogP contribution < -0.4 is 16.2 Å². The van der Waals surface area contributed by atoms with Crippen molar-refractivity contribution in [1.29, 1.82) is 0 Å². The lowest BCUT2D eigenvalue weighted by atomic mass is 10.4. The number of aliphatic hydroxyl groups excluding tert-OH is 1. The Morgan fingerprint density at radius 1 is 1.73 bits per heavy atom. The zero-order valence-corrected chi connectivity index (χ0v) is 7.44. The fourth-order valence-electron chi connectivity index (χ4n) is 0.446. The first-order chi connectivity index (χ1) is 5.16. The molecule has 0 saturated carbocycles. The van der Waals surface area contributed by atoms with Crippen LogP contribution in [0.1, 0.15) is 6.92 Å². The van der Waals surface area contributed by atoms with Crippen molar-refractivity contribution in [2.45, 2.75) is 13.0 Å². The van der Waals surface area contributed by atoms with Crippen molar-refractivity contribution in [3.05, 3.63) is 11.4 Å².